The van der Waals surface area contributed by atoms with Gasteiger partial charge in [0.25, 0.3) is 0 Å². The lowest BCUT2D eigenvalue weighted by atomic mass is 9.79. The van der Waals surface area contributed by atoms with Crippen LogP contribution in [0.5, 0.6) is 0 Å². The zero-order valence-electron chi connectivity index (χ0n) is 14.1. The molecule has 24 heavy (non-hydrogen) atoms. The molecule has 0 atom stereocenters. The summed E-state index contributed by atoms with van der Waals surface area (Å²) in [6, 6.07) is 0. The minimum atomic E-state index is -5.08. The standard InChI is InChI=1S/C13H24N2O2.C2HF3O2/c1-14-8-4-3-5-13(14)6-9-15(10-7-13)12(16)11-17-2;3-2(4,5)1(6)7/h3-11H2,1-2H3;(H,6,7). The summed E-state index contributed by atoms with van der Waals surface area (Å²) < 4.78 is 36.6. The lowest BCUT2D eigenvalue weighted by Gasteiger charge is -2.50. The summed E-state index contributed by atoms with van der Waals surface area (Å²) in [5.74, 6) is -2.62. The molecule has 0 aromatic heterocycles. The van der Waals surface area contributed by atoms with Crippen molar-refractivity contribution in [3.8, 4) is 0 Å². The summed E-state index contributed by atoms with van der Waals surface area (Å²) in [4.78, 5) is 25.1. The van der Waals surface area contributed by atoms with Crippen LogP contribution in [-0.2, 0) is 14.3 Å². The van der Waals surface area contributed by atoms with Gasteiger partial charge in [0, 0.05) is 25.7 Å². The SMILES string of the molecule is COCC(=O)N1CCC2(CCCCN2C)CC1.O=C(O)C(F)(F)F. The van der Waals surface area contributed by atoms with Crippen LogP contribution in [0, 0.1) is 0 Å². The predicted molar refractivity (Wildman–Crippen MR) is 80.6 cm³/mol. The Hall–Kier alpha value is -1.35. The molecule has 9 heteroatoms. The number of hydrogen-bond acceptors (Lipinski definition) is 4. The van der Waals surface area contributed by atoms with Gasteiger partial charge in [0.1, 0.15) is 6.61 Å². The second kappa shape index (κ2) is 8.66. The van der Waals surface area contributed by atoms with Crippen molar-refractivity contribution in [2.45, 2.75) is 43.8 Å². The molecule has 0 saturated carbocycles. The van der Waals surface area contributed by atoms with E-state index in [9.17, 15) is 18.0 Å². The van der Waals surface area contributed by atoms with Gasteiger partial charge in [0.05, 0.1) is 0 Å². The number of rotatable bonds is 2. The second-order valence-corrected chi connectivity index (χ2v) is 6.22. The van der Waals surface area contributed by atoms with Gasteiger partial charge in [-0.25, -0.2) is 4.79 Å². The van der Waals surface area contributed by atoms with E-state index in [4.69, 9.17) is 14.6 Å². The Morgan fingerprint density at radius 2 is 1.67 bits per heavy atom. The summed E-state index contributed by atoms with van der Waals surface area (Å²) in [5.41, 5.74) is 0.377. The molecule has 2 heterocycles. The number of ether oxygens (including phenoxy) is 1. The van der Waals surface area contributed by atoms with Gasteiger partial charge >= 0.3 is 12.1 Å². The monoisotopic (exact) mass is 354 g/mol. The highest BCUT2D eigenvalue weighted by Gasteiger charge is 2.40. The van der Waals surface area contributed by atoms with Crippen molar-refractivity contribution in [3.63, 3.8) is 0 Å². The van der Waals surface area contributed by atoms with Crippen LogP contribution in [0.25, 0.3) is 0 Å². The summed E-state index contributed by atoms with van der Waals surface area (Å²) in [6.45, 7) is 3.23. The first-order valence-corrected chi connectivity index (χ1v) is 7.90. The Morgan fingerprint density at radius 1 is 1.12 bits per heavy atom. The summed E-state index contributed by atoms with van der Waals surface area (Å²) >= 11 is 0. The van der Waals surface area contributed by atoms with Crippen LogP contribution in [-0.4, -0.2) is 78.9 Å². The van der Waals surface area contributed by atoms with Crippen LogP contribution < -0.4 is 0 Å². The second-order valence-electron chi connectivity index (χ2n) is 6.22. The van der Waals surface area contributed by atoms with Crippen molar-refractivity contribution >= 4 is 11.9 Å². The topological polar surface area (TPSA) is 70.1 Å². The summed E-state index contributed by atoms with van der Waals surface area (Å²) in [6.07, 6.45) is 1.13. The maximum absolute atomic E-state index is 11.7. The molecule has 0 bridgehead atoms. The van der Waals surface area contributed by atoms with Crippen molar-refractivity contribution in [1.82, 2.24) is 9.80 Å². The Kier molecular flexibility index (Phi) is 7.47. The zero-order chi connectivity index (χ0) is 18.4. The average molecular weight is 354 g/mol. The van der Waals surface area contributed by atoms with Crippen LogP contribution in [0.4, 0.5) is 13.2 Å². The van der Waals surface area contributed by atoms with E-state index in [0.717, 1.165) is 25.9 Å². The van der Waals surface area contributed by atoms with Crippen LogP contribution in [0.1, 0.15) is 32.1 Å². The normalized spacial score (nSPS) is 21.1. The highest BCUT2D eigenvalue weighted by atomic mass is 19.4. The number of alkyl halides is 3. The Bertz CT molecular complexity index is 435. The molecule has 2 aliphatic rings. The third-order valence-electron chi connectivity index (χ3n) is 4.75. The Labute approximate surface area is 139 Å². The molecule has 0 unspecified atom stereocenters. The molecule has 0 aromatic rings. The van der Waals surface area contributed by atoms with Gasteiger partial charge in [-0.2, -0.15) is 13.2 Å². The molecule has 2 fully saturated rings. The number of piperidine rings is 2. The summed E-state index contributed by atoms with van der Waals surface area (Å²) in [5, 5.41) is 7.12. The fraction of sp³-hybridized carbons (Fsp3) is 0.867. The van der Waals surface area contributed by atoms with E-state index in [-0.39, 0.29) is 12.5 Å². The van der Waals surface area contributed by atoms with Gasteiger partial charge in [-0.15, -0.1) is 0 Å². The lowest BCUT2D eigenvalue weighted by Crippen LogP contribution is -2.57. The van der Waals surface area contributed by atoms with Crippen LogP contribution in [0.3, 0.4) is 0 Å². The predicted octanol–water partition coefficient (Wildman–Crippen LogP) is 1.74. The number of amides is 1. The molecule has 1 amide bonds. The number of carbonyl (C=O) groups is 2. The number of carbonyl (C=O) groups excluding carboxylic acids is 1. The molecular formula is C15H25F3N2O4. The Morgan fingerprint density at radius 3 is 2.08 bits per heavy atom. The van der Waals surface area contributed by atoms with Gasteiger partial charge in [-0.05, 0) is 39.3 Å². The molecule has 6 nitrogen and oxygen atoms in total. The van der Waals surface area contributed by atoms with Crippen LogP contribution in [0.15, 0.2) is 0 Å². The molecule has 0 aromatic carbocycles. The third-order valence-corrected chi connectivity index (χ3v) is 4.75. The van der Waals surface area contributed by atoms with E-state index >= 15 is 0 Å². The van der Waals surface area contributed by atoms with E-state index in [2.05, 4.69) is 11.9 Å². The largest absolute Gasteiger partial charge is 0.490 e. The highest BCUT2D eigenvalue weighted by Crippen LogP contribution is 2.36. The van der Waals surface area contributed by atoms with Crippen molar-refractivity contribution in [2.75, 3.05) is 40.4 Å². The van der Waals surface area contributed by atoms with Gasteiger partial charge in [-0.1, -0.05) is 6.42 Å². The molecular weight excluding hydrogens is 329 g/mol. The number of likely N-dealkylation sites (tertiary alicyclic amines) is 2. The average Bonchev–Trinajstić information content (AvgIpc) is 2.51. The van der Waals surface area contributed by atoms with Crippen LogP contribution >= 0.6 is 0 Å². The number of hydrogen-bond donors (Lipinski definition) is 1. The van der Waals surface area contributed by atoms with E-state index in [0.29, 0.717) is 5.54 Å². The van der Waals surface area contributed by atoms with Crippen LogP contribution in [0.2, 0.25) is 0 Å². The minimum absolute atomic E-state index is 0.140. The molecule has 2 aliphatic heterocycles. The Balaban J connectivity index is 0.000000351. The zero-order valence-corrected chi connectivity index (χ0v) is 14.1. The van der Waals surface area contributed by atoms with E-state index in [1.165, 1.54) is 25.8 Å². The van der Waals surface area contributed by atoms with Gasteiger partial charge < -0.3 is 19.6 Å². The van der Waals surface area contributed by atoms with Gasteiger partial charge in [-0.3, -0.25) is 4.79 Å². The number of halogens is 3. The minimum Gasteiger partial charge on any atom is -0.475 e. The summed E-state index contributed by atoms with van der Waals surface area (Å²) in [7, 11) is 3.82. The van der Waals surface area contributed by atoms with Gasteiger partial charge in [0.15, 0.2) is 0 Å². The molecule has 0 radical (unpaired) electrons. The number of aliphatic carboxylic acids is 1. The maximum atomic E-state index is 11.7. The fourth-order valence-electron chi connectivity index (χ4n) is 3.25. The smallest absolute Gasteiger partial charge is 0.475 e. The van der Waals surface area contributed by atoms with E-state index in [1.807, 2.05) is 4.90 Å². The van der Waals surface area contributed by atoms with E-state index < -0.39 is 12.1 Å². The highest BCUT2D eigenvalue weighted by molar-refractivity contribution is 5.77. The van der Waals surface area contributed by atoms with Gasteiger partial charge in [0.2, 0.25) is 5.91 Å². The molecule has 1 N–H and O–H groups in total. The van der Waals surface area contributed by atoms with E-state index in [1.54, 1.807) is 7.11 Å². The lowest BCUT2D eigenvalue weighted by molar-refractivity contribution is -0.192. The fourth-order valence-corrected chi connectivity index (χ4v) is 3.25. The van der Waals surface area contributed by atoms with Crippen molar-refractivity contribution in [1.29, 1.82) is 0 Å². The number of carboxylic acids is 1. The number of methoxy groups -OCH3 is 1. The third kappa shape index (κ3) is 5.62. The molecule has 0 aliphatic carbocycles. The molecule has 140 valence electrons. The van der Waals surface area contributed by atoms with Crippen molar-refractivity contribution in [2.24, 2.45) is 0 Å². The molecule has 2 rings (SSSR count). The first-order chi connectivity index (χ1) is 11.1. The number of nitrogens with zero attached hydrogens (tertiary/aromatic N) is 2. The molecule has 1 spiro atoms. The number of carboxylic acid groups (broad SMARTS) is 1. The molecule has 2 saturated heterocycles. The quantitative estimate of drug-likeness (QED) is 0.818. The van der Waals surface area contributed by atoms with Crippen molar-refractivity contribution in [3.05, 3.63) is 0 Å². The van der Waals surface area contributed by atoms with Crippen molar-refractivity contribution < 1.29 is 32.6 Å². The first-order valence-electron chi connectivity index (χ1n) is 7.90. The maximum Gasteiger partial charge on any atom is 0.490 e. The first kappa shape index (κ1) is 20.7.